The topological polar surface area (TPSA) is 33.6 Å². The Balaban J connectivity index is 3.35. The van der Waals surface area contributed by atoms with Crippen molar-refractivity contribution in [3.63, 3.8) is 0 Å². The Kier molecular flexibility index (Phi) is 1.48. The lowest BCUT2D eigenvalue weighted by molar-refractivity contribution is 0.748. The second kappa shape index (κ2) is 1.99. The number of H-pyrrole nitrogens is 1. The number of nitrogens with one attached hydrogen (secondary N) is 1. The molecular weight excluding hydrogens is 190 g/mol. The molecule has 3 nitrogen and oxygen atoms in total. The molecule has 1 aromatic heterocycles. The highest BCUT2D eigenvalue weighted by molar-refractivity contribution is 9.10. The van der Waals surface area contributed by atoms with Crippen molar-refractivity contribution in [2.45, 2.75) is 0 Å². The molecule has 0 unspecified atom stereocenters. The molecule has 44 valence electrons. The minimum Gasteiger partial charge on any atom is -0.274 e. The van der Waals surface area contributed by atoms with Gasteiger partial charge in [-0.2, -0.15) is 4.98 Å². The van der Waals surface area contributed by atoms with Crippen LogP contribution in [0.3, 0.4) is 0 Å². The van der Waals surface area contributed by atoms with E-state index in [0.29, 0.717) is 9.50 Å². The van der Waals surface area contributed by atoms with Gasteiger partial charge >= 0.3 is 0 Å². The Morgan fingerprint density at radius 2 is 2.50 bits per heavy atom. The predicted molar refractivity (Wildman–Crippen MR) is 36.1 cm³/mol. The van der Waals surface area contributed by atoms with E-state index in [4.69, 9.17) is 12.2 Å². The molecule has 0 radical (unpaired) electrons. The zero-order chi connectivity index (χ0) is 6.15. The zero-order valence-corrected chi connectivity index (χ0v) is 6.58. The van der Waals surface area contributed by atoms with Crippen molar-refractivity contribution in [2.75, 3.05) is 0 Å². The van der Waals surface area contributed by atoms with Gasteiger partial charge in [0, 0.05) is 7.05 Å². The summed E-state index contributed by atoms with van der Waals surface area (Å²) in [4.78, 5) is 3.85. The normalized spacial score (nSPS) is 9.75. The fourth-order valence-electron chi connectivity index (χ4n) is 0.370. The number of rotatable bonds is 0. The minimum absolute atomic E-state index is 0.553. The molecule has 0 fully saturated rings. The van der Waals surface area contributed by atoms with Crippen LogP contribution in [-0.2, 0) is 7.05 Å². The lowest BCUT2D eigenvalue weighted by Gasteiger charge is -1.81. The number of aryl methyl sites for hydroxylation is 1. The van der Waals surface area contributed by atoms with Crippen LogP contribution in [0.4, 0.5) is 0 Å². The molecule has 1 rings (SSSR count). The van der Waals surface area contributed by atoms with E-state index >= 15 is 0 Å². The third-order valence-electron chi connectivity index (χ3n) is 0.741. The standard InChI is InChI=1S/C3H4BrN3S/c1-7-3(8)5-2(4)6-7/h1H3,(H,5,6,8). The molecule has 0 spiro atoms. The Bertz CT molecular complexity index is 237. The van der Waals surface area contributed by atoms with Crippen LogP contribution in [0, 0.1) is 4.77 Å². The average Bonchev–Trinajstić information content (AvgIpc) is 1.85. The van der Waals surface area contributed by atoms with Crippen molar-refractivity contribution in [1.29, 1.82) is 0 Å². The van der Waals surface area contributed by atoms with Crippen LogP contribution >= 0.6 is 28.1 Å². The first-order chi connectivity index (χ1) is 3.70. The number of aromatic amines is 1. The number of hydrogen-bond donors (Lipinski definition) is 1. The fourth-order valence-corrected chi connectivity index (χ4v) is 1.06. The first-order valence-corrected chi connectivity index (χ1v) is 3.19. The van der Waals surface area contributed by atoms with Gasteiger partial charge in [-0.25, -0.2) is 0 Å². The minimum atomic E-state index is 0.553. The average molecular weight is 194 g/mol. The summed E-state index contributed by atoms with van der Waals surface area (Å²) in [7, 11) is 1.81. The van der Waals surface area contributed by atoms with E-state index in [1.165, 1.54) is 0 Å². The molecule has 0 amide bonds. The van der Waals surface area contributed by atoms with Crippen molar-refractivity contribution < 1.29 is 0 Å². The predicted octanol–water partition coefficient (Wildman–Crippen LogP) is 1.24. The summed E-state index contributed by atoms with van der Waals surface area (Å²) >= 11 is 7.89. The van der Waals surface area contributed by atoms with Gasteiger partial charge in [0.15, 0.2) is 4.73 Å². The highest BCUT2D eigenvalue weighted by Crippen LogP contribution is 1.98. The van der Waals surface area contributed by atoms with Gasteiger partial charge in [-0.15, -0.1) is 0 Å². The van der Waals surface area contributed by atoms with Crippen LogP contribution in [-0.4, -0.2) is 14.8 Å². The van der Waals surface area contributed by atoms with Crippen LogP contribution in [0.1, 0.15) is 0 Å². The summed E-state index contributed by atoms with van der Waals surface area (Å²) < 4.78 is 2.88. The van der Waals surface area contributed by atoms with Crippen molar-refractivity contribution in [3.05, 3.63) is 9.50 Å². The first-order valence-electron chi connectivity index (χ1n) is 1.98. The highest BCUT2D eigenvalue weighted by atomic mass is 79.9. The second-order valence-electron chi connectivity index (χ2n) is 1.36. The lowest BCUT2D eigenvalue weighted by Crippen LogP contribution is -1.87. The van der Waals surface area contributed by atoms with Gasteiger partial charge in [0.2, 0.25) is 4.77 Å². The molecule has 5 heteroatoms. The maximum atomic E-state index is 4.76. The van der Waals surface area contributed by atoms with Crippen LogP contribution in [0.25, 0.3) is 0 Å². The number of aromatic nitrogens is 3. The third-order valence-corrected chi connectivity index (χ3v) is 1.46. The zero-order valence-electron chi connectivity index (χ0n) is 4.18. The Morgan fingerprint density at radius 3 is 2.62 bits per heavy atom. The molecule has 8 heavy (non-hydrogen) atoms. The molecule has 0 aliphatic carbocycles. The van der Waals surface area contributed by atoms with Gasteiger partial charge in [-0.1, -0.05) is 0 Å². The molecular formula is C3H4BrN3S. The van der Waals surface area contributed by atoms with Crippen molar-refractivity contribution >= 4 is 28.1 Å². The van der Waals surface area contributed by atoms with Gasteiger partial charge < -0.3 is 0 Å². The summed E-state index contributed by atoms with van der Waals surface area (Å²) in [5, 5.41) is 2.83. The van der Waals surface area contributed by atoms with Crippen LogP contribution < -0.4 is 0 Å². The lowest BCUT2D eigenvalue weighted by atomic mass is 11.2. The van der Waals surface area contributed by atoms with E-state index < -0.39 is 0 Å². The summed E-state index contributed by atoms with van der Waals surface area (Å²) in [6.07, 6.45) is 0. The molecule has 1 N–H and O–H groups in total. The van der Waals surface area contributed by atoms with Crippen LogP contribution in [0.15, 0.2) is 4.73 Å². The SMILES string of the molecule is Cn1[nH]c(Br)nc1=S. The number of nitrogens with zero attached hydrogens (tertiary/aromatic N) is 2. The third kappa shape index (κ3) is 0.976. The molecule has 0 aromatic carbocycles. The molecule has 0 saturated heterocycles. The summed E-state index contributed by atoms with van der Waals surface area (Å²) in [6, 6.07) is 0. The number of halogens is 1. The van der Waals surface area contributed by atoms with Crippen LogP contribution in [0.2, 0.25) is 0 Å². The maximum absolute atomic E-state index is 4.76. The molecule has 0 bridgehead atoms. The van der Waals surface area contributed by atoms with Gasteiger partial charge in [0.25, 0.3) is 0 Å². The fraction of sp³-hybridized carbons (Fsp3) is 0.333. The largest absolute Gasteiger partial charge is 0.274 e. The maximum Gasteiger partial charge on any atom is 0.216 e. The Morgan fingerprint density at radius 1 is 1.88 bits per heavy atom. The molecule has 1 heterocycles. The summed E-state index contributed by atoms with van der Waals surface area (Å²) in [6.45, 7) is 0. The van der Waals surface area contributed by atoms with Gasteiger partial charge in [0.05, 0.1) is 0 Å². The molecule has 0 atom stereocenters. The molecule has 1 aromatic rings. The molecule has 0 aliphatic rings. The number of hydrogen-bond acceptors (Lipinski definition) is 2. The Hall–Kier alpha value is -0.160. The van der Waals surface area contributed by atoms with E-state index in [1.54, 1.807) is 11.7 Å². The monoisotopic (exact) mass is 193 g/mol. The Labute approximate surface area is 59.8 Å². The first kappa shape index (κ1) is 5.97. The van der Waals surface area contributed by atoms with E-state index in [2.05, 4.69) is 26.0 Å². The van der Waals surface area contributed by atoms with Crippen molar-refractivity contribution in [1.82, 2.24) is 14.8 Å². The van der Waals surface area contributed by atoms with Crippen molar-refractivity contribution in [3.8, 4) is 0 Å². The van der Waals surface area contributed by atoms with E-state index in [-0.39, 0.29) is 0 Å². The van der Waals surface area contributed by atoms with Gasteiger partial charge in [0.1, 0.15) is 0 Å². The van der Waals surface area contributed by atoms with E-state index in [1.807, 2.05) is 0 Å². The summed E-state index contributed by atoms with van der Waals surface area (Å²) in [5.74, 6) is 0. The summed E-state index contributed by atoms with van der Waals surface area (Å²) in [5.41, 5.74) is 0. The van der Waals surface area contributed by atoms with E-state index in [9.17, 15) is 0 Å². The smallest absolute Gasteiger partial charge is 0.216 e. The quantitative estimate of drug-likeness (QED) is 0.630. The molecule has 0 saturated carbocycles. The molecule has 0 aliphatic heterocycles. The van der Waals surface area contributed by atoms with Gasteiger partial charge in [-0.05, 0) is 28.1 Å². The highest BCUT2D eigenvalue weighted by Gasteiger charge is 1.89. The second-order valence-corrected chi connectivity index (χ2v) is 2.47. The van der Waals surface area contributed by atoms with Crippen LogP contribution in [0.5, 0.6) is 0 Å². The van der Waals surface area contributed by atoms with Crippen molar-refractivity contribution in [2.24, 2.45) is 7.05 Å². The van der Waals surface area contributed by atoms with Gasteiger partial charge in [-0.3, -0.25) is 9.78 Å². The van der Waals surface area contributed by atoms with E-state index in [0.717, 1.165) is 0 Å².